The van der Waals surface area contributed by atoms with Gasteiger partial charge >= 0.3 is 0 Å². The van der Waals surface area contributed by atoms with Crippen molar-refractivity contribution in [1.82, 2.24) is 4.90 Å². The first-order valence-corrected chi connectivity index (χ1v) is 8.43. The van der Waals surface area contributed by atoms with Gasteiger partial charge in [-0.2, -0.15) is 0 Å². The van der Waals surface area contributed by atoms with Crippen LogP contribution in [0, 0.1) is 5.82 Å². The lowest BCUT2D eigenvalue weighted by Gasteiger charge is -2.32. The van der Waals surface area contributed by atoms with E-state index in [0.717, 1.165) is 0 Å². The third kappa shape index (κ3) is 3.64. The molecule has 1 aliphatic heterocycles. The zero-order chi connectivity index (χ0) is 14.8. The van der Waals surface area contributed by atoms with Crippen LogP contribution in [-0.4, -0.2) is 49.7 Å². The summed E-state index contributed by atoms with van der Waals surface area (Å²) in [5, 5.41) is 0. The van der Waals surface area contributed by atoms with E-state index in [1.807, 2.05) is 11.8 Å². The predicted molar refractivity (Wildman–Crippen MR) is 75.0 cm³/mol. The van der Waals surface area contributed by atoms with Crippen LogP contribution in [0.3, 0.4) is 0 Å². The molecular formula is C14H18FNO3S. The first-order valence-electron chi connectivity index (χ1n) is 6.61. The molecule has 0 saturated carbocycles. The van der Waals surface area contributed by atoms with Crippen LogP contribution in [0.1, 0.15) is 23.7 Å². The molecule has 0 radical (unpaired) electrons. The zero-order valence-electron chi connectivity index (χ0n) is 11.4. The predicted octanol–water partition coefficient (Wildman–Crippen LogP) is 1.52. The number of carbonyl (C=O) groups excluding carboxylic acids is 1. The molecule has 1 heterocycles. The van der Waals surface area contributed by atoms with Crippen molar-refractivity contribution in [3.8, 4) is 0 Å². The highest BCUT2D eigenvalue weighted by Crippen LogP contribution is 2.14. The van der Waals surface area contributed by atoms with E-state index >= 15 is 0 Å². The van der Waals surface area contributed by atoms with Gasteiger partial charge in [-0.25, -0.2) is 12.8 Å². The van der Waals surface area contributed by atoms with Gasteiger partial charge in [0, 0.05) is 25.6 Å². The number of carbonyl (C=O) groups is 1. The topological polar surface area (TPSA) is 54.5 Å². The summed E-state index contributed by atoms with van der Waals surface area (Å²) in [5.74, 6) is -0.498. The minimum atomic E-state index is -2.95. The Kier molecular flexibility index (Phi) is 4.55. The van der Waals surface area contributed by atoms with Gasteiger partial charge < -0.3 is 0 Å². The first kappa shape index (κ1) is 15.1. The monoisotopic (exact) mass is 299 g/mol. The van der Waals surface area contributed by atoms with Gasteiger partial charge in [0.15, 0.2) is 15.6 Å². The summed E-state index contributed by atoms with van der Waals surface area (Å²) in [6.07, 6.45) is 0.200. The smallest absolute Gasteiger partial charge is 0.167 e. The largest absolute Gasteiger partial charge is 0.298 e. The Morgan fingerprint density at radius 1 is 1.40 bits per heavy atom. The summed E-state index contributed by atoms with van der Waals surface area (Å²) < 4.78 is 36.4. The van der Waals surface area contributed by atoms with E-state index in [9.17, 15) is 17.6 Å². The molecule has 1 saturated heterocycles. The molecule has 2 rings (SSSR count). The number of rotatable bonds is 4. The van der Waals surface area contributed by atoms with Crippen molar-refractivity contribution in [3.63, 3.8) is 0 Å². The summed E-state index contributed by atoms with van der Waals surface area (Å²) >= 11 is 0. The Balaban J connectivity index is 1.93. The van der Waals surface area contributed by atoms with Crippen LogP contribution in [0.4, 0.5) is 4.39 Å². The number of hydrogen-bond acceptors (Lipinski definition) is 4. The number of ketones is 1. The molecule has 0 aromatic heterocycles. The molecule has 1 atom stereocenters. The van der Waals surface area contributed by atoms with Gasteiger partial charge in [-0.15, -0.1) is 0 Å². The SMILES string of the molecule is CC1CS(=O)(=O)CCN1CCC(=O)c1ccccc1F. The normalized spacial score (nSPS) is 22.6. The van der Waals surface area contributed by atoms with E-state index < -0.39 is 15.7 Å². The Labute approximate surface area is 118 Å². The lowest BCUT2D eigenvalue weighted by molar-refractivity contribution is 0.0953. The van der Waals surface area contributed by atoms with Crippen LogP contribution < -0.4 is 0 Å². The fraction of sp³-hybridized carbons (Fsp3) is 0.500. The van der Waals surface area contributed by atoms with Crippen molar-refractivity contribution in [2.45, 2.75) is 19.4 Å². The quantitative estimate of drug-likeness (QED) is 0.791. The molecule has 1 unspecified atom stereocenters. The van der Waals surface area contributed by atoms with Crippen molar-refractivity contribution in [2.75, 3.05) is 24.6 Å². The highest BCUT2D eigenvalue weighted by molar-refractivity contribution is 7.91. The Morgan fingerprint density at radius 3 is 2.75 bits per heavy atom. The van der Waals surface area contributed by atoms with Gasteiger partial charge in [-0.3, -0.25) is 9.69 Å². The summed E-state index contributed by atoms with van der Waals surface area (Å²) in [7, 11) is -2.95. The van der Waals surface area contributed by atoms with E-state index in [2.05, 4.69) is 0 Å². The van der Waals surface area contributed by atoms with Crippen LogP contribution in [0.2, 0.25) is 0 Å². The van der Waals surface area contributed by atoms with Gasteiger partial charge in [-0.1, -0.05) is 12.1 Å². The van der Waals surface area contributed by atoms with E-state index in [1.54, 1.807) is 12.1 Å². The number of hydrogen-bond donors (Lipinski definition) is 0. The average molecular weight is 299 g/mol. The number of halogens is 1. The fourth-order valence-electron chi connectivity index (χ4n) is 2.43. The molecule has 0 aliphatic carbocycles. The van der Waals surface area contributed by atoms with Gasteiger partial charge in [0.2, 0.25) is 0 Å². The molecule has 0 N–H and O–H groups in total. The second kappa shape index (κ2) is 6.01. The maximum Gasteiger partial charge on any atom is 0.167 e. The van der Waals surface area contributed by atoms with Crippen molar-refractivity contribution >= 4 is 15.6 Å². The lowest BCUT2D eigenvalue weighted by Crippen LogP contribution is -2.47. The van der Waals surface area contributed by atoms with E-state index in [4.69, 9.17) is 0 Å². The molecule has 0 bridgehead atoms. The number of Topliss-reactive ketones (excluding diaryl/α,β-unsaturated/α-hetero) is 1. The maximum absolute atomic E-state index is 13.5. The van der Waals surface area contributed by atoms with E-state index in [0.29, 0.717) is 13.1 Å². The fourth-order valence-corrected chi connectivity index (χ4v) is 4.06. The summed E-state index contributed by atoms with van der Waals surface area (Å²) in [5.41, 5.74) is 0.102. The van der Waals surface area contributed by atoms with Crippen molar-refractivity contribution in [2.24, 2.45) is 0 Å². The number of nitrogens with zero attached hydrogens (tertiary/aromatic N) is 1. The molecule has 110 valence electrons. The molecule has 1 aromatic rings. The van der Waals surface area contributed by atoms with Crippen LogP contribution >= 0.6 is 0 Å². The van der Waals surface area contributed by atoms with Crippen LogP contribution in [0.5, 0.6) is 0 Å². The molecule has 1 fully saturated rings. The van der Waals surface area contributed by atoms with E-state index in [1.165, 1.54) is 12.1 Å². The van der Waals surface area contributed by atoms with Crippen molar-refractivity contribution in [1.29, 1.82) is 0 Å². The molecule has 6 heteroatoms. The minimum Gasteiger partial charge on any atom is -0.298 e. The Bertz CT molecular complexity index is 600. The van der Waals surface area contributed by atoms with Gasteiger partial charge in [0.1, 0.15) is 5.82 Å². The first-order chi connectivity index (χ1) is 9.39. The number of benzene rings is 1. The Morgan fingerprint density at radius 2 is 2.10 bits per heavy atom. The summed E-state index contributed by atoms with van der Waals surface area (Å²) in [6.45, 7) is 2.74. The molecular weight excluding hydrogens is 281 g/mol. The molecule has 1 aliphatic rings. The van der Waals surface area contributed by atoms with Crippen LogP contribution in [0.25, 0.3) is 0 Å². The van der Waals surface area contributed by atoms with Crippen molar-refractivity contribution in [3.05, 3.63) is 35.6 Å². The lowest BCUT2D eigenvalue weighted by atomic mass is 10.1. The molecule has 1 aromatic carbocycles. The highest BCUT2D eigenvalue weighted by atomic mass is 32.2. The van der Waals surface area contributed by atoms with E-state index in [-0.39, 0.29) is 35.3 Å². The standard InChI is InChI=1S/C14H18FNO3S/c1-11-10-20(18,19)9-8-16(11)7-6-14(17)12-4-2-3-5-13(12)15/h2-5,11H,6-10H2,1H3. The molecule has 0 amide bonds. The number of sulfone groups is 1. The molecule has 20 heavy (non-hydrogen) atoms. The third-order valence-corrected chi connectivity index (χ3v) is 5.40. The minimum absolute atomic E-state index is 0.0952. The average Bonchev–Trinajstić information content (AvgIpc) is 2.37. The third-order valence-electron chi connectivity index (χ3n) is 3.61. The van der Waals surface area contributed by atoms with Gasteiger partial charge in [0.05, 0.1) is 17.1 Å². The van der Waals surface area contributed by atoms with Crippen LogP contribution in [0.15, 0.2) is 24.3 Å². The molecule has 4 nitrogen and oxygen atoms in total. The maximum atomic E-state index is 13.5. The van der Waals surface area contributed by atoms with Gasteiger partial charge in [0.25, 0.3) is 0 Å². The Hall–Kier alpha value is -1.27. The summed E-state index contributed by atoms with van der Waals surface area (Å²) in [6, 6.07) is 5.82. The summed E-state index contributed by atoms with van der Waals surface area (Å²) in [4.78, 5) is 13.9. The van der Waals surface area contributed by atoms with Gasteiger partial charge in [-0.05, 0) is 19.1 Å². The molecule has 0 spiro atoms. The zero-order valence-corrected chi connectivity index (χ0v) is 12.2. The van der Waals surface area contributed by atoms with Crippen LogP contribution in [-0.2, 0) is 9.84 Å². The van der Waals surface area contributed by atoms with Crippen molar-refractivity contribution < 1.29 is 17.6 Å². The second-order valence-electron chi connectivity index (χ2n) is 5.15. The second-order valence-corrected chi connectivity index (χ2v) is 7.38. The highest BCUT2D eigenvalue weighted by Gasteiger charge is 2.28.